The van der Waals surface area contributed by atoms with Gasteiger partial charge in [0.2, 0.25) is 0 Å². The van der Waals surface area contributed by atoms with Crippen molar-refractivity contribution in [1.82, 2.24) is 9.55 Å². The van der Waals surface area contributed by atoms with Crippen molar-refractivity contribution in [3.05, 3.63) is 29.8 Å². The molecule has 1 heterocycles. The van der Waals surface area contributed by atoms with Gasteiger partial charge in [0.25, 0.3) is 0 Å². The van der Waals surface area contributed by atoms with E-state index in [1.54, 1.807) is 0 Å². The smallest absolute Gasteiger partial charge is 0.125 e. The van der Waals surface area contributed by atoms with Crippen molar-refractivity contribution in [2.45, 2.75) is 51.5 Å². The van der Waals surface area contributed by atoms with Gasteiger partial charge >= 0.3 is 0 Å². The van der Waals surface area contributed by atoms with Gasteiger partial charge in [-0.1, -0.05) is 25.7 Å². The van der Waals surface area contributed by atoms with E-state index in [1.807, 2.05) is 6.07 Å². The van der Waals surface area contributed by atoms with Crippen molar-refractivity contribution < 1.29 is 4.39 Å². The number of alkyl halides is 1. The summed E-state index contributed by atoms with van der Waals surface area (Å²) in [6.07, 6.45) is 8.78. The molecule has 0 saturated heterocycles. The minimum atomic E-state index is -0.226. The average Bonchev–Trinajstić information content (AvgIpc) is 3.08. The number of fused-ring (bicyclic) bond motifs is 1. The molecule has 21 heavy (non-hydrogen) atoms. The van der Waals surface area contributed by atoms with Crippen LogP contribution < -0.4 is 0 Å². The normalized spacial score (nSPS) is 16.1. The lowest BCUT2D eigenvalue weighted by molar-refractivity contribution is 0.458. The SMILES string of the molecule is Fc1ccc2c(c1)nc(CCCl)n2CCCC1CCCC1. The van der Waals surface area contributed by atoms with E-state index < -0.39 is 0 Å². The van der Waals surface area contributed by atoms with Gasteiger partial charge in [-0.2, -0.15) is 0 Å². The average molecular weight is 309 g/mol. The summed E-state index contributed by atoms with van der Waals surface area (Å²) in [4.78, 5) is 4.55. The lowest BCUT2D eigenvalue weighted by atomic mass is 10.0. The van der Waals surface area contributed by atoms with Crippen molar-refractivity contribution in [3.63, 3.8) is 0 Å². The Kier molecular flexibility index (Phi) is 4.79. The standard InChI is InChI=1S/C17H22ClFN2/c18-10-9-17-20-15-12-14(19)7-8-16(15)21(17)11-3-6-13-4-1-2-5-13/h7-8,12-13H,1-6,9-11H2. The summed E-state index contributed by atoms with van der Waals surface area (Å²) >= 11 is 5.88. The summed E-state index contributed by atoms with van der Waals surface area (Å²) in [6, 6.07) is 4.87. The molecule has 1 aromatic heterocycles. The van der Waals surface area contributed by atoms with Crippen LogP contribution in [0.5, 0.6) is 0 Å². The largest absolute Gasteiger partial charge is 0.328 e. The van der Waals surface area contributed by atoms with Crippen molar-refractivity contribution in [3.8, 4) is 0 Å². The van der Waals surface area contributed by atoms with Crippen LogP contribution in [0.25, 0.3) is 11.0 Å². The highest BCUT2D eigenvalue weighted by atomic mass is 35.5. The zero-order valence-electron chi connectivity index (χ0n) is 12.3. The Morgan fingerprint density at radius 3 is 2.86 bits per heavy atom. The maximum absolute atomic E-state index is 13.3. The first-order valence-corrected chi connectivity index (χ1v) is 8.52. The van der Waals surface area contributed by atoms with Gasteiger partial charge in [0.05, 0.1) is 11.0 Å². The molecule has 1 aromatic carbocycles. The van der Waals surface area contributed by atoms with Gasteiger partial charge in [0.15, 0.2) is 0 Å². The van der Waals surface area contributed by atoms with E-state index in [0.717, 1.165) is 35.7 Å². The molecule has 0 N–H and O–H groups in total. The topological polar surface area (TPSA) is 17.8 Å². The fourth-order valence-corrected chi connectivity index (χ4v) is 3.68. The minimum Gasteiger partial charge on any atom is -0.328 e. The highest BCUT2D eigenvalue weighted by Crippen LogP contribution is 2.29. The van der Waals surface area contributed by atoms with Crippen molar-refractivity contribution in [2.24, 2.45) is 5.92 Å². The third-order valence-corrected chi connectivity index (χ3v) is 4.77. The molecule has 2 nitrogen and oxygen atoms in total. The van der Waals surface area contributed by atoms with E-state index in [0.29, 0.717) is 5.88 Å². The van der Waals surface area contributed by atoms with Gasteiger partial charge in [0.1, 0.15) is 11.6 Å². The van der Waals surface area contributed by atoms with Gasteiger partial charge in [-0.25, -0.2) is 9.37 Å². The zero-order chi connectivity index (χ0) is 14.7. The fourth-order valence-electron chi connectivity index (χ4n) is 3.51. The summed E-state index contributed by atoms with van der Waals surface area (Å²) in [5, 5.41) is 0. The first-order valence-electron chi connectivity index (χ1n) is 7.98. The number of benzene rings is 1. The number of hydrogen-bond donors (Lipinski definition) is 0. The van der Waals surface area contributed by atoms with Gasteiger partial charge in [-0.05, 0) is 30.9 Å². The number of halogens is 2. The van der Waals surface area contributed by atoms with E-state index in [9.17, 15) is 4.39 Å². The molecule has 0 atom stereocenters. The molecule has 4 heteroatoms. The Morgan fingerprint density at radius 2 is 2.10 bits per heavy atom. The van der Waals surface area contributed by atoms with Crippen LogP contribution in [0.1, 0.15) is 44.3 Å². The molecule has 0 bridgehead atoms. The zero-order valence-corrected chi connectivity index (χ0v) is 13.1. The number of nitrogens with zero attached hydrogens (tertiary/aromatic N) is 2. The molecule has 0 spiro atoms. The first kappa shape index (κ1) is 14.8. The maximum Gasteiger partial charge on any atom is 0.125 e. The lowest BCUT2D eigenvalue weighted by Gasteiger charge is -2.11. The highest BCUT2D eigenvalue weighted by molar-refractivity contribution is 6.17. The Labute approximate surface area is 130 Å². The summed E-state index contributed by atoms with van der Waals surface area (Å²) in [7, 11) is 0. The lowest BCUT2D eigenvalue weighted by Crippen LogP contribution is -2.06. The van der Waals surface area contributed by atoms with E-state index >= 15 is 0 Å². The first-order chi connectivity index (χ1) is 10.3. The summed E-state index contributed by atoms with van der Waals surface area (Å²) < 4.78 is 15.6. The predicted molar refractivity (Wildman–Crippen MR) is 85.3 cm³/mol. The van der Waals surface area contributed by atoms with Crippen LogP contribution >= 0.6 is 11.6 Å². The number of rotatable bonds is 6. The molecule has 114 valence electrons. The Bertz CT molecular complexity index is 602. The molecule has 0 unspecified atom stereocenters. The van der Waals surface area contributed by atoms with E-state index in [-0.39, 0.29) is 5.82 Å². The van der Waals surface area contributed by atoms with Gasteiger partial charge < -0.3 is 4.57 Å². The molecule has 1 aliphatic rings. The van der Waals surface area contributed by atoms with Crippen molar-refractivity contribution in [2.75, 3.05) is 5.88 Å². The monoisotopic (exact) mass is 308 g/mol. The van der Waals surface area contributed by atoms with Crippen LogP contribution in [0, 0.1) is 11.7 Å². The molecule has 0 aliphatic heterocycles. The third kappa shape index (κ3) is 3.39. The Morgan fingerprint density at radius 1 is 1.29 bits per heavy atom. The minimum absolute atomic E-state index is 0.226. The predicted octanol–water partition coefficient (Wildman–Crippen LogP) is 4.93. The molecule has 0 amide bonds. The molecule has 2 aromatic rings. The van der Waals surface area contributed by atoms with E-state index in [4.69, 9.17) is 11.6 Å². The second-order valence-corrected chi connectivity index (χ2v) is 6.42. The fraction of sp³-hybridized carbons (Fsp3) is 0.588. The summed E-state index contributed by atoms with van der Waals surface area (Å²) in [6.45, 7) is 0.963. The Balaban J connectivity index is 1.76. The molecule has 0 radical (unpaired) electrons. The summed E-state index contributed by atoms with van der Waals surface area (Å²) in [5.41, 5.74) is 1.78. The van der Waals surface area contributed by atoms with Crippen LogP contribution in [0.2, 0.25) is 0 Å². The van der Waals surface area contributed by atoms with E-state index in [2.05, 4.69) is 9.55 Å². The molecule has 1 aliphatic carbocycles. The molecular weight excluding hydrogens is 287 g/mol. The number of aromatic nitrogens is 2. The molecule has 1 saturated carbocycles. The maximum atomic E-state index is 13.3. The second kappa shape index (κ2) is 6.78. The van der Waals surface area contributed by atoms with E-state index in [1.165, 1.54) is 50.7 Å². The van der Waals surface area contributed by atoms with Gasteiger partial charge in [-0.3, -0.25) is 0 Å². The second-order valence-electron chi connectivity index (χ2n) is 6.04. The highest BCUT2D eigenvalue weighted by Gasteiger charge is 2.15. The third-order valence-electron chi connectivity index (χ3n) is 4.58. The van der Waals surface area contributed by atoms with Crippen LogP contribution in [-0.4, -0.2) is 15.4 Å². The number of imidazole rings is 1. The molecule has 1 fully saturated rings. The Hall–Kier alpha value is -1.09. The molecule has 3 rings (SSSR count). The summed E-state index contributed by atoms with van der Waals surface area (Å²) in [5.74, 6) is 2.22. The number of hydrogen-bond acceptors (Lipinski definition) is 1. The van der Waals surface area contributed by atoms with Crippen molar-refractivity contribution in [1.29, 1.82) is 0 Å². The quantitative estimate of drug-likeness (QED) is 0.692. The molecular formula is C17H22ClFN2. The number of aryl methyl sites for hydroxylation is 2. The van der Waals surface area contributed by atoms with Crippen LogP contribution in [0.4, 0.5) is 4.39 Å². The van der Waals surface area contributed by atoms with Gasteiger partial charge in [0, 0.05) is 24.9 Å². The van der Waals surface area contributed by atoms with Crippen LogP contribution in [-0.2, 0) is 13.0 Å². The van der Waals surface area contributed by atoms with Gasteiger partial charge in [-0.15, -0.1) is 11.6 Å². The van der Waals surface area contributed by atoms with Crippen LogP contribution in [0.3, 0.4) is 0 Å². The van der Waals surface area contributed by atoms with Crippen LogP contribution in [0.15, 0.2) is 18.2 Å². The van der Waals surface area contributed by atoms with Crippen molar-refractivity contribution >= 4 is 22.6 Å².